The second kappa shape index (κ2) is 8.51. The summed E-state index contributed by atoms with van der Waals surface area (Å²) in [5.41, 5.74) is 1.20. The summed E-state index contributed by atoms with van der Waals surface area (Å²) in [7, 11) is 0.581. The zero-order valence-corrected chi connectivity index (χ0v) is 16.0. The molecule has 0 aliphatic carbocycles. The van der Waals surface area contributed by atoms with Crippen LogP contribution < -0.4 is 0 Å². The molecule has 1 aromatic carbocycles. The average Bonchev–Trinajstić information content (AvgIpc) is 2.73. The normalized spacial score (nSPS) is 20.6. The van der Waals surface area contributed by atoms with Crippen molar-refractivity contribution in [2.24, 2.45) is 0 Å². The van der Waals surface area contributed by atoms with E-state index in [2.05, 4.69) is 11.8 Å². The van der Waals surface area contributed by atoms with Gasteiger partial charge in [-0.2, -0.15) is 16.1 Å². The summed E-state index contributed by atoms with van der Waals surface area (Å²) in [6, 6.07) is 7.47. The number of nitrogens with zero attached hydrogens (tertiary/aromatic N) is 2. The van der Waals surface area contributed by atoms with E-state index >= 15 is 0 Å². The Hall–Kier alpha value is -0.560. The van der Waals surface area contributed by atoms with Crippen molar-refractivity contribution in [3.05, 3.63) is 29.8 Å². The van der Waals surface area contributed by atoms with Gasteiger partial charge in [0.25, 0.3) is 0 Å². The highest BCUT2D eigenvalue weighted by atomic mass is 32.2. The lowest BCUT2D eigenvalue weighted by Crippen LogP contribution is -2.46. The number of hydrogen-bond acceptors (Lipinski definition) is 4. The van der Waals surface area contributed by atoms with Crippen molar-refractivity contribution in [3.63, 3.8) is 0 Å². The third-order valence-corrected chi connectivity index (χ3v) is 7.19. The fourth-order valence-electron chi connectivity index (χ4n) is 2.94. The molecule has 23 heavy (non-hydrogen) atoms. The van der Waals surface area contributed by atoms with E-state index < -0.39 is 10.0 Å². The van der Waals surface area contributed by atoms with Gasteiger partial charge in [0.1, 0.15) is 0 Å². The summed E-state index contributed by atoms with van der Waals surface area (Å²) in [5.74, 6) is 1.90. The highest BCUT2D eigenvalue weighted by Gasteiger charge is 2.32. The molecule has 0 aromatic heterocycles. The molecule has 1 heterocycles. The first-order valence-electron chi connectivity index (χ1n) is 8.28. The Morgan fingerprint density at radius 1 is 1.26 bits per heavy atom. The van der Waals surface area contributed by atoms with Crippen LogP contribution in [0.2, 0.25) is 0 Å². The Bertz CT molecular complexity index is 585. The SMILES string of the molecule is CCCc1ccc(S(=O)(=O)N2CCCSCC2CN(C)C)cc1. The fourth-order valence-corrected chi connectivity index (χ4v) is 5.75. The maximum atomic E-state index is 13.1. The van der Waals surface area contributed by atoms with Crippen LogP contribution >= 0.6 is 11.8 Å². The van der Waals surface area contributed by atoms with E-state index in [4.69, 9.17) is 0 Å². The Kier molecular flexibility index (Phi) is 6.95. The smallest absolute Gasteiger partial charge is 0.243 e. The molecule has 0 amide bonds. The first kappa shape index (κ1) is 18.8. The zero-order chi connectivity index (χ0) is 16.9. The van der Waals surface area contributed by atoms with Crippen molar-refractivity contribution < 1.29 is 8.42 Å². The van der Waals surface area contributed by atoms with Gasteiger partial charge < -0.3 is 4.90 Å². The molecule has 1 unspecified atom stereocenters. The van der Waals surface area contributed by atoms with Crippen LogP contribution in [-0.2, 0) is 16.4 Å². The predicted molar refractivity (Wildman–Crippen MR) is 98.6 cm³/mol. The maximum Gasteiger partial charge on any atom is 0.243 e. The monoisotopic (exact) mass is 356 g/mol. The van der Waals surface area contributed by atoms with Crippen LogP contribution in [-0.4, -0.2) is 62.4 Å². The van der Waals surface area contributed by atoms with Gasteiger partial charge in [-0.25, -0.2) is 8.42 Å². The fraction of sp³-hybridized carbons (Fsp3) is 0.647. The van der Waals surface area contributed by atoms with Crippen LogP contribution in [0.15, 0.2) is 29.2 Å². The quantitative estimate of drug-likeness (QED) is 0.786. The van der Waals surface area contributed by atoms with Crippen molar-refractivity contribution in [3.8, 4) is 0 Å². The van der Waals surface area contributed by atoms with Crippen molar-refractivity contribution >= 4 is 21.8 Å². The van der Waals surface area contributed by atoms with Crippen LogP contribution in [0.3, 0.4) is 0 Å². The van der Waals surface area contributed by atoms with E-state index in [1.807, 2.05) is 38.0 Å². The number of hydrogen-bond donors (Lipinski definition) is 0. The molecular weight excluding hydrogens is 328 g/mol. The number of thioether (sulfide) groups is 1. The van der Waals surface area contributed by atoms with Crippen molar-refractivity contribution in [2.75, 3.05) is 38.7 Å². The van der Waals surface area contributed by atoms with E-state index in [9.17, 15) is 8.42 Å². The molecule has 1 atom stereocenters. The minimum Gasteiger partial charge on any atom is -0.308 e. The highest BCUT2D eigenvalue weighted by molar-refractivity contribution is 7.99. The Morgan fingerprint density at radius 2 is 1.96 bits per heavy atom. The molecule has 0 N–H and O–H groups in total. The molecular formula is C17H28N2O2S2. The molecule has 1 saturated heterocycles. The molecule has 0 spiro atoms. The van der Waals surface area contributed by atoms with Crippen LogP contribution in [0.25, 0.3) is 0 Å². The molecule has 0 radical (unpaired) electrons. The second-order valence-corrected chi connectivity index (χ2v) is 9.39. The largest absolute Gasteiger partial charge is 0.308 e. The molecule has 6 heteroatoms. The Balaban J connectivity index is 2.26. The third-order valence-electron chi connectivity index (χ3n) is 4.03. The molecule has 0 bridgehead atoms. The van der Waals surface area contributed by atoms with Crippen LogP contribution in [0.1, 0.15) is 25.3 Å². The van der Waals surface area contributed by atoms with Crippen molar-refractivity contribution in [1.82, 2.24) is 9.21 Å². The molecule has 4 nitrogen and oxygen atoms in total. The topological polar surface area (TPSA) is 40.6 Å². The van der Waals surface area contributed by atoms with Gasteiger partial charge in [0.05, 0.1) is 4.90 Å². The lowest BCUT2D eigenvalue weighted by atomic mass is 10.1. The molecule has 1 aliphatic heterocycles. The van der Waals surface area contributed by atoms with E-state index in [1.54, 1.807) is 16.4 Å². The molecule has 2 rings (SSSR count). The molecule has 1 fully saturated rings. The van der Waals surface area contributed by atoms with Crippen molar-refractivity contribution in [2.45, 2.75) is 37.1 Å². The molecule has 0 saturated carbocycles. The van der Waals surface area contributed by atoms with Gasteiger partial charge in [-0.1, -0.05) is 25.5 Å². The summed E-state index contributed by atoms with van der Waals surface area (Å²) in [5, 5.41) is 0. The summed E-state index contributed by atoms with van der Waals surface area (Å²) in [6.45, 7) is 3.51. The van der Waals surface area contributed by atoms with Gasteiger partial charge in [-0.3, -0.25) is 0 Å². The van der Waals surface area contributed by atoms with Gasteiger partial charge in [0, 0.05) is 24.9 Å². The Morgan fingerprint density at radius 3 is 2.57 bits per heavy atom. The first-order chi connectivity index (χ1) is 10.9. The maximum absolute atomic E-state index is 13.1. The number of benzene rings is 1. The van der Waals surface area contributed by atoms with E-state index in [1.165, 1.54) is 5.56 Å². The molecule has 1 aliphatic rings. The van der Waals surface area contributed by atoms with Crippen LogP contribution in [0, 0.1) is 0 Å². The number of sulfonamides is 1. The Labute approximate surface area is 145 Å². The second-order valence-electron chi connectivity index (χ2n) is 6.35. The van der Waals surface area contributed by atoms with Gasteiger partial charge in [0.2, 0.25) is 10.0 Å². The lowest BCUT2D eigenvalue weighted by molar-refractivity contribution is 0.271. The van der Waals surface area contributed by atoms with Crippen molar-refractivity contribution in [1.29, 1.82) is 0 Å². The summed E-state index contributed by atoms with van der Waals surface area (Å²) < 4.78 is 27.9. The zero-order valence-electron chi connectivity index (χ0n) is 14.4. The summed E-state index contributed by atoms with van der Waals surface area (Å²) in [6.07, 6.45) is 2.98. The van der Waals surface area contributed by atoms with E-state index in [0.717, 1.165) is 37.3 Å². The molecule has 130 valence electrons. The van der Waals surface area contributed by atoms with Gasteiger partial charge in [-0.15, -0.1) is 0 Å². The lowest BCUT2D eigenvalue weighted by Gasteiger charge is -2.30. The number of likely N-dealkylation sites (N-methyl/N-ethyl adjacent to an activating group) is 1. The van der Waals surface area contributed by atoms with Gasteiger partial charge >= 0.3 is 0 Å². The molecule has 1 aromatic rings. The predicted octanol–water partition coefficient (Wildman–Crippen LogP) is 2.70. The van der Waals surface area contributed by atoms with E-state index in [-0.39, 0.29) is 6.04 Å². The van der Waals surface area contributed by atoms with E-state index in [0.29, 0.717) is 11.4 Å². The summed E-state index contributed by atoms with van der Waals surface area (Å²) in [4.78, 5) is 2.50. The van der Waals surface area contributed by atoms with Crippen LogP contribution in [0.5, 0.6) is 0 Å². The van der Waals surface area contributed by atoms with Gasteiger partial charge in [-0.05, 0) is 50.4 Å². The standard InChI is InChI=1S/C17H28N2O2S2/c1-4-6-15-7-9-17(10-8-15)23(20,21)19-11-5-12-22-14-16(19)13-18(2)3/h7-10,16H,4-6,11-14H2,1-3H3. The third kappa shape index (κ3) is 4.95. The van der Waals surface area contributed by atoms with Crippen LogP contribution in [0.4, 0.5) is 0 Å². The first-order valence-corrected chi connectivity index (χ1v) is 10.9. The average molecular weight is 357 g/mol. The minimum absolute atomic E-state index is 0.0396. The summed E-state index contributed by atoms with van der Waals surface area (Å²) >= 11 is 1.86. The minimum atomic E-state index is -3.42. The highest BCUT2D eigenvalue weighted by Crippen LogP contribution is 2.25. The number of aryl methyl sites for hydroxylation is 1. The number of rotatable bonds is 6. The van der Waals surface area contributed by atoms with Gasteiger partial charge in [0.15, 0.2) is 0 Å².